The highest BCUT2D eigenvalue weighted by atomic mass is 32.2. The predicted octanol–water partition coefficient (Wildman–Crippen LogP) is 2.11. The van der Waals surface area contributed by atoms with Gasteiger partial charge in [-0.3, -0.25) is 0 Å². The van der Waals surface area contributed by atoms with E-state index in [9.17, 15) is 4.79 Å². The van der Waals surface area contributed by atoms with E-state index in [2.05, 4.69) is 0 Å². The van der Waals surface area contributed by atoms with Crippen molar-refractivity contribution in [3.63, 3.8) is 0 Å². The Morgan fingerprint density at radius 1 is 1.43 bits per heavy atom. The Kier molecular flexibility index (Phi) is 2.21. The van der Waals surface area contributed by atoms with Gasteiger partial charge in [0.05, 0.1) is 4.75 Å². The van der Waals surface area contributed by atoms with Crippen LogP contribution >= 0.6 is 11.8 Å². The first-order valence-corrected chi connectivity index (χ1v) is 6.01. The molecule has 2 heterocycles. The Hall–Kier alpha value is -0.380. The molecule has 0 radical (unpaired) electrons. The minimum Gasteiger partial charge on any atom is -0.444 e. The summed E-state index contributed by atoms with van der Waals surface area (Å²) < 4.78 is 5.69. The molecule has 1 amide bonds. The molecule has 2 fully saturated rings. The van der Waals surface area contributed by atoms with Crippen molar-refractivity contribution < 1.29 is 9.53 Å². The number of amides is 1. The fourth-order valence-corrected chi connectivity index (χ4v) is 3.02. The van der Waals surface area contributed by atoms with E-state index in [0.717, 1.165) is 13.1 Å². The number of nitrogens with zero attached hydrogens (tertiary/aromatic N) is 1. The fraction of sp³-hybridized carbons (Fsp3) is 0.900. The van der Waals surface area contributed by atoms with Crippen LogP contribution < -0.4 is 0 Å². The van der Waals surface area contributed by atoms with E-state index < -0.39 is 0 Å². The molecule has 0 N–H and O–H groups in total. The van der Waals surface area contributed by atoms with Crippen molar-refractivity contribution in [3.8, 4) is 0 Å². The van der Waals surface area contributed by atoms with Crippen LogP contribution in [0.4, 0.5) is 4.79 Å². The molecule has 0 aromatic heterocycles. The first kappa shape index (κ1) is 10.1. The zero-order valence-corrected chi connectivity index (χ0v) is 9.82. The average Bonchev–Trinajstić information content (AvgIpc) is 1.74. The third-order valence-corrected chi connectivity index (χ3v) is 4.06. The molecule has 3 nitrogen and oxygen atoms in total. The van der Waals surface area contributed by atoms with E-state index in [4.69, 9.17) is 4.74 Å². The van der Waals surface area contributed by atoms with Gasteiger partial charge < -0.3 is 9.64 Å². The molecule has 2 saturated heterocycles. The van der Waals surface area contributed by atoms with Crippen LogP contribution in [0.1, 0.15) is 27.2 Å². The first-order valence-electron chi connectivity index (χ1n) is 5.02. The minimum atomic E-state index is -0.368. The zero-order valence-electron chi connectivity index (χ0n) is 9.00. The summed E-state index contributed by atoms with van der Waals surface area (Å²) in [5.74, 6) is 1.25. The summed E-state index contributed by atoms with van der Waals surface area (Å²) in [4.78, 5) is 13.4. The number of carbonyl (C=O) groups is 1. The van der Waals surface area contributed by atoms with Crippen molar-refractivity contribution in [3.05, 3.63) is 0 Å². The Morgan fingerprint density at radius 3 is 2.36 bits per heavy atom. The van der Waals surface area contributed by atoms with Gasteiger partial charge in [-0.25, -0.2) is 4.79 Å². The zero-order chi connectivity index (χ0) is 10.4. The van der Waals surface area contributed by atoms with Crippen LogP contribution in [0.25, 0.3) is 0 Å². The monoisotopic (exact) mass is 215 g/mol. The van der Waals surface area contributed by atoms with E-state index in [-0.39, 0.29) is 11.7 Å². The van der Waals surface area contributed by atoms with Crippen molar-refractivity contribution in [2.45, 2.75) is 37.5 Å². The maximum absolute atomic E-state index is 11.6. The topological polar surface area (TPSA) is 29.5 Å². The summed E-state index contributed by atoms with van der Waals surface area (Å²) in [5, 5.41) is 0. The minimum absolute atomic E-state index is 0.157. The standard InChI is InChI=1S/C10H17NO2S/c1-9(2,3)13-8(12)11-6-10(7-11)4-5-14-10/h4-7H2,1-3H3. The summed E-state index contributed by atoms with van der Waals surface area (Å²) in [6.07, 6.45) is 1.10. The molecular weight excluding hydrogens is 198 g/mol. The summed E-state index contributed by atoms with van der Waals surface area (Å²) in [6.45, 7) is 7.47. The van der Waals surface area contributed by atoms with Crippen LogP contribution in [0.3, 0.4) is 0 Å². The number of hydrogen-bond donors (Lipinski definition) is 0. The molecule has 2 aliphatic rings. The fourth-order valence-electron chi connectivity index (χ4n) is 1.75. The lowest BCUT2D eigenvalue weighted by molar-refractivity contribution is 0.00290. The van der Waals surface area contributed by atoms with Crippen LogP contribution in [0, 0.1) is 0 Å². The van der Waals surface area contributed by atoms with Crippen molar-refractivity contribution >= 4 is 17.9 Å². The Labute approximate surface area is 89.2 Å². The Bertz CT molecular complexity index is 247. The molecule has 4 heteroatoms. The first-order chi connectivity index (χ1) is 6.40. The molecule has 1 spiro atoms. The SMILES string of the molecule is CC(C)(C)OC(=O)N1CC2(CCS2)C1. The maximum atomic E-state index is 11.6. The van der Waals surface area contributed by atoms with Gasteiger partial charge in [-0.1, -0.05) is 0 Å². The molecule has 0 unspecified atom stereocenters. The van der Waals surface area contributed by atoms with Crippen LogP contribution in [0.15, 0.2) is 0 Å². The molecule has 14 heavy (non-hydrogen) atoms. The summed E-state index contributed by atoms with van der Waals surface area (Å²) >= 11 is 1.98. The second kappa shape index (κ2) is 3.05. The van der Waals surface area contributed by atoms with Gasteiger partial charge in [0.25, 0.3) is 0 Å². The highest BCUT2D eigenvalue weighted by Crippen LogP contribution is 2.47. The number of carbonyl (C=O) groups excluding carboxylic acids is 1. The third-order valence-electron chi connectivity index (χ3n) is 2.58. The highest BCUT2D eigenvalue weighted by Gasteiger charge is 2.50. The molecule has 0 atom stereocenters. The second-order valence-corrected chi connectivity index (χ2v) is 6.68. The van der Waals surface area contributed by atoms with E-state index in [1.165, 1.54) is 12.2 Å². The molecule has 0 bridgehead atoms. The van der Waals surface area contributed by atoms with Gasteiger partial charge in [0, 0.05) is 13.1 Å². The summed E-state index contributed by atoms with van der Waals surface area (Å²) in [6, 6.07) is 0. The van der Waals surface area contributed by atoms with Crippen LogP contribution in [-0.2, 0) is 4.74 Å². The largest absolute Gasteiger partial charge is 0.444 e. The van der Waals surface area contributed by atoms with Gasteiger partial charge in [0.1, 0.15) is 5.60 Å². The molecule has 80 valence electrons. The summed E-state index contributed by atoms with van der Waals surface area (Å²) in [5.41, 5.74) is -0.368. The van der Waals surface area contributed by atoms with Gasteiger partial charge in [-0.2, -0.15) is 11.8 Å². The number of ether oxygens (including phenoxy) is 1. The van der Waals surface area contributed by atoms with Crippen LogP contribution in [0.2, 0.25) is 0 Å². The van der Waals surface area contributed by atoms with Crippen LogP contribution in [0.5, 0.6) is 0 Å². The molecular formula is C10H17NO2S. The van der Waals surface area contributed by atoms with Crippen molar-refractivity contribution in [2.75, 3.05) is 18.8 Å². The molecule has 0 aliphatic carbocycles. The lowest BCUT2D eigenvalue weighted by Gasteiger charge is -2.54. The summed E-state index contributed by atoms with van der Waals surface area (Å²) in [7, 11) is 0. The quantitative estimate of drug-likeness (QED) is 0.620. The van der Waals surface area contributed by atoms with E-state index in [0.29, 0.717) is 4.75 Å². The number of likely N-dealkylation sites (tertiary alicyclic amines) is 1. The average molecular weight is 215 g/mol. The van der Waals surface area contributed by atoms with E-state index in [1.807, 2.05) is 32.5 Å². The lowest BCUT2D eigenvalue weighted by atomic mass is 9.95. The molecule has 2 aliphatic heterocycles. The van der Waals surface area contributed by atoms with Gasteiger partial charge in [-0.05, 0) is 32.9 Å². The van der Waals surface area contributed by atoms with Crippen LogP contribution in [-0.4, -0.2) is 40.2 Å². The number of rotatable bonds is 0. The number of hydrogen-bond acceptors (Lipinski definition) is 3. The molecule has 2 rings (SSSR count). The predicted molar refractivity (Wildman–Crippen MR) is 57.6 cm³/mol. The number of thioether (sulfide) groups is 1. The molecule has 0 aromatic carbocycles. The van der Waals surface area contributed by atoms with Crippen molar-refractivity contribution in [1.82, 2.24) is 4.90 Å². The van der Waals surface area contributed by atoms with Gasteiger partial charge in [0.15, 0.2) is 0 Å². The van der Waals surface area contributed by atoms with E-state index >= 15 is 0 Å². The maximum Gasteiger partial charge on any atom is 0.410 e. The third kappa shape index (κ3) is 1.85. The van der Waals surface area contributed by atoms with Gasteiger partial charge in [-0.15, -0.1) is 0 Å². The molecule has 0 aromatic rings. The lowest BCUT2D eigenvalue weighted by Crippen LogP contribution is -2.65. The van der Waals surface area contributed by atoms with Gasteiger partial charge in [0.2, 0.25) is 0 Å². The van der Waals surface area contributed by atoms with Gasteiger partial charge >= 0.3 is 6.09 Å². The van der Waals surface area contributed by atoms with Crippen molar-refractivity contribution in [2.24, 2.45) is 0 Å². The normalized spacial score (nSPS) is 24.1. The van der Waals surface area contributed by atoms with Crippen molar-refractivity contribution in [1.29, 1.82) is 0 Å². The highest BCUT2D eigenvalue weighted by molar-refractivity contribution is 8.02. The smallest absolute Gasteiger partial charge is 0.410 e. The second-order valence-electron chi connectivity index (χ2n) is 5.12. The van der Waals surface area contributed by atoms with E-state index in [1.54, 1.807) is 4.90 Å². The molecule has 0 saturated carbocycles. The Morgan fingerprint density at radius 2 is 2.00 bits per heavy atom. The Balaban J connectivity index is 1.79.